The highest BCUT2D eigenvalue weighted by atomic mass is 32.2. The van der Waals surface area contributed by atoms with E-state index in [1.807, 2.05) is 59.3 Å². The molecule has 0 radical (unpaired) electrons. The summed E-state index contributed by atoms with van der Waals surface area (Å²) in [7, 11) is 0. The Bertz CT molecular complexity index is 1110. The van der Waals surface area contributed by atoms with Gasteiger partial charge in [-0.25, -0.2) is 4.98 Å². The first kappa shape index (κ1) is 17.3. The van der Waals surface area contributed by atoms with E-state index in [0.717, 1.165) is 27.3 Å². The normalized spacial score (nSPS) is 10.9. The highest BCUT2D eigenvalue weighted by molar-refractivity contribution is 7.99. The molecule has 5 nitrogen and oxygen atoms in total. The number of hydrogen-bond donors (Lipinski definition) is 1. The zero-order chi connectivity index (χ0) is 18.6. The first-order valence-corrected chi connectivity index (χ1v) is 9.56. The summed E-state index contributed by atoms with van der Waals surface area (Å²) >= 11 is 1.41. The molecule has 6 heteroatoms. The molecule has 27 heavy (non-hydrogen) atoms. The molecule has 0 bridgehead atoms. The second-order valence-corrected chi connectivity index (χ2v) is 7.06. The minimum absolute atomic E-state index is 0.0867. The van der Waals surface area contributed by atoms with Crippen molar-refractivity contribution in [1.82, 2.24) is 14.5 Å². The lowest BCUT2D eigenvalue weighted by molar-refractivity contribution is -0.113. The number of rotatable bonds is 5. The average Bonchev–Trinajstić information content (AvgIpc) is 3.15. The standard InChI is InChI=1S/C21H18N4OS/c1-15-6-2-5-9-19(15)25-11-10-22-21(25)27-14-20(26)24-17-12-16-7-3-4-8-18(16)23-13-17/h2-13H,14H2,1H3,(H,24,26). The molecular formula is C21H18N4OS. The first-order valence-electron chi connectivity index (χ1n) is 8.57. The molecule has 0 spiro atoms. The van der Waals surface area contributed by atoms with Crippen molar-refractivity contribution in [3.63, 3.8) is 0 Å². The van der Waals surface area contributed by atoms with Gasteiger partial charge >= 0.3 is 0 Å². The van der Waals surface area contributed by atoms with Crippen LogP contribution in [-0.4, -0.2) is 26.2 Å². The number of imidazole rings is 1. The molecule has 0 fully saturated rings. The number of nitrogens with one attached hydrogen (secondary N) is 1. The maximum Gasteiger partial charge on any atom is 0.234 e. The Morgan fingerprint density at radius 1 is 1.11 bits per heavy atom. The van der Waals surface area contributed by atoms with E-state index in [-0.39, 0.29) is 11.7 Å². The number of aromatic nitrogens is 3. The first-order chi connectivity index (χ1) is 13.2. The Kier molecular flexibility index (Phi) is 4.89. The minimum Gasteiger partial charge on any atom is -0.324 e. The number of carbonyl (C=O) groups excluding carboxylic acids is 1. The monoisotopic (exact) mass is 374 g/mol. The number of anilines is 1. The number of thioether (sulfide) groups is 1. The molecule has 4 rings (SSSR count). The summed E-state index contributed by atoms with van der Waals surface area (Å²) in [6.45, 7) is 2.06. The van der Waals surface area contributed by atoms with Crippen LogP contribution in [0.2, 0.25) is 0 Å². The van der Waals surface area contributed by atoms with Crippen molar-refractivity contribution < 1.29 is 4.79 Å². The van der Waals surface area contributed by atoms with Crippen molar-refractivity contribution in [2.45, 2.75) is 12.1 Å². The van der Waals surface area contributed by atoms with Crippen molar-refractivity contribution in [3.05, 3.63) is 78.8 Å². The van der Waals surface area contributed by atoms with Crippen LogP contribution in [0.5, 0.6) is 0 Å². The Labute approximate surface area is 161 Å². The average molecular weight is 374 g/mol. The molecule has 134 valence electrons. The molecular weight excluding hydrogens is 356 g/mol. The van der Waals surface area contributed by atoms with Crippen molar-refractivity contribution in [2.24, 2.45) is 0 Å². The van der Waals surface area contributed by atoms with Gasteiger partial charge < -0.3 is 5.32 Å². The molecule has 2 aromatic heterocycles. The lowest BCUT2D eigenvalue weighted by Crippen LogP contribution is -2.14. The number of pyridine rings is 1. The van der Waals surface area contributed by atoms with Gasteiger partial charge in [-0.2, -0.15) is 0 Å². The van der Waals surface area contributed by atoms with Crippen LogP contribution in [0.3, 0.4) is 0 Å². The van der Waals surface area contributed by atoms with E-state index in [0.29, 0.717) is 5.69 Å². The molecule has 0 aliphatic heterocycles. The number of carbonyl (C=O) groups is 1. The maximum absolute atomic E-state index is 12.4. The molecule has 2 heterocycles. The summed E-state index contributed by atoms with van der Waals surface area (Å²) in [6, 6.07) is 17.9. The molecule has 0 saturated carbocycles. The molecule has 0 atom stereocenters. The van der Waals surface area contributed by atoms with Gasteiger partial charge in [0.2, 0.25) is 5.91 Å². The summed E-state index contributed by atoms with van der Waals surface area (Å²) in [5.41, 5.74) is 3.83. The van der Waals surface area contributed by atoms with E-state index in [1.54, 1.807) is 12.4 Å². The van der Waals surface area contributed by atoms with Crippen molar-refractivity contribution in [1.29, 1.82) is 0 Å². The van der Waals surface area contributed by atoms with Crippen molar-refractivity contribution in [3.8, 4) is 5.69 Å². The molecule has 4 aromatic rings. The number of amides is 1. The second kappa shape index (κ2) is 7.63. The third kappa shape index (κ3) is 3.85. The quantitative estimate of drug-likeness (QED) is 0.524. The molecule has 0 saturated heterocycles. The van der Waals surface area contributed by atoms with E-state index in [9.17, 15) is 4.79 Å². The zero-order valence-electron chi connectivity index (χ0n) is 14.8. The van der Waals surface area contributed by atoms with Crippen LogP contribution in [0.15, 0.2) is 78.3 Å². The predicted molar refractivity (Wildman–Crippen MR) is 109 cm³/mol. The summed E-state index contributed by atoms with van der Waals surface area (Å²) in [5.74, 6) is 0.187. The van der Waals surface area contributed by atoms with Gasteiger partial charge in [-0.1, -0.05) is 48.2 Å². The van der Waals surface area contributed by atoms with Crippen LogP contribution in [-0.2, 0) is 4.79 Å². The number of nitrogens with zero attached hydrogens (tertiary/aromatic N) is 3. The van der Waals surface area contributed by atoms with Crippen molar-refractivity contribution in [2.75, 3.05) is 11.1 Å². The highest BCUT2D eigenvalue weighted by Crippen LogP contribution is 2.23. The molecule has 1 amide bonds. The van der Waals surface area contributed by atoms with Crippen LogP contribution in [0.1, 0.15) is 5.56 Å². The summed E-state index contributed by atoms with van der Waals surface area (Å²) in [6.07, 6.45) is 5.34. The fraction of sp³-hybridized carbons (Fsp3) is 0.0952. The third-order valence-electron chi connectivity index (χ3n) is 4.19. The zero-order valence-corrected chi connectivity index (χ0v) is 15.6. The number of fused-ring (bicyclic) bond motifs is 1. The smallest absolute Gasteiger partial charge is 0.234 e. The Hall–Kier alpha value is -3.12. The number of para-hydroxylation sites is 2. The Balaban J connectivity index is 1.44. The summed E-state index contributed by atoms with van der Waals surface area (Å²) < 4.78 is 2.00. The van der Waals surface area contributed by atoms with E-state index in [2.05, 4.69) is 28.3 Å². The van der Waals surface area contributed by atoms with Crippen LogP contribution < -0.4 is 5.32 Å². The van der Waals surface area contributed by atoms with Gasteiger partial charge in [-0.05, 0) is 30.7 Å². The predicted octanol–water partition coefficient (Wildman–Crippen LogP) is 4.46. The van der Waals surface area contributed by atoms with Gasteiger partial charge in [0.25, 0.3) is 0 Å². The molecule has 1 N–H and O–H groups in total. The fourth-order valence-corrected chi connectivity index (χ4v) is 3.65. The van der Waals surface area contributed by atoms with Gasteiger partial charge in [-0.3, -0.25) is 14.3 Å². The van der Waals surface area contributed by atoms with Gasteiger partial charge in [0.05, 0.1) is 28.8 Å². The maximum atomic E-state index is 12.4. The van der Waals surface area contributed by atoms with Crippen LogP contribution in [0.4, 0.5) is 5.69 Å². The van der Waals surface area contributed by atoms with Gasteiger partial charge in [0.1, 0.15) is 0 Å². The Morgan fingerprint density at radius 2 is 1.93 bits per heavy atom. The van der Waals surface area contributed by atoms with Gasteiger partial charge in [-0.15, -0.1) is 0 Å². The topological polar surface area (TPSA) is 59.8 Å². The van der Waals surface area contributed by atoms with Crippen LogP contribution >= 0.6 is 11.8 Å². The Morgan fingerprint density at radius 3 is 2.81 bits per heavy atom. The lowest BCUT2D eigenvalue weighted by atomic mass is 10.2. The van der Waals surface area contributed by atoms with E-state index < -0.39 is 0 Å². The summed E-state index contributed by atoms with van der Waals surface area (Å²) in [4.78, 5) is 21.1. The number of aryl methyl sites for hydroxylation is 1. The molecule has 0 aliphatic carbocycles. The van der Waals surface area contributed by atoms with E-state index in [4.69, 9.17) is 0 Å². The molecule has 0 aliphatic rings. The van der Waals surface area contributed by atoms with Crippen LogP contribution in [0, 0.1) is 6.92 Å². The minimum atomic E-state index is -0.0867. The van der Waals surface area contributed by atoms with Crippen LogP contribution in [0.25, 0.3) is 16.6 Å². The van der Waals surface area contributed by atoms with Gasteiger partial charge in [0.15, 0.2) is 5.16 Å². The summed E-state index contributed by atoms with van der Waals surface area (Å²) in [5, 5.41) is 4.69. The van der Waals surface area contributed by atoms with Crippen molar-refractivity contribution >= 4 is 34.3 Å². The largest absolute Gasteiger partial charge is 0.324 e. The van der Waals surface area contributed by atoms with Gasteiger partial charge in [0, 0.05) is 17.8 Å². The number of benzene rings is 2. The second-order valence-electron chi connectivity index (χ2n) is 6.12. The van der Waals surface area contributed by atoms with E-state index >= 15 is 0 Å². The fourth-order valence-electron chi connectivity index (χ4n) is 2.88. The number of hydrogen-bond acceptors (Lipinski definition) is 4. The third-order valence-corrected chi connectivity index (χ3v) is 5.16. The lowest BCUT2D eigenvalue weighted by Gasteiger charge is -2.10. The van der Waals surface area contributed by atoms with E-state index in [1.165, 1.54) is 11.8 Å². The molecule has 2 aromatic carbocycles. The highest BCUT2D eigenvalue weighted by Gasteiger charge is 2.11. The molecule has 0 unspecified atom stereocenters. The SMILES string of the molecule is Cc1ccccc1-n1ccnc1SCC(=O)Nc1cnc2ccccc2c1.